The van der Waals surface area contributed by atoms with Gasteiger partial charge in [-0.15, -0.1) is 0 Å². The maximum Gasteiger partial charge on any atom is 0.308 e. The lowest BCUT2D eigenvalue weighted by Crippen LogP contribution is -2.28. The first kappa shape index (κ1) is 23.3. The van der Waals surface area contributed by atoms with Gasteiger partial charge in [-0.3, -0.25) is 14.4 Å². The summed E-state index contributed by atoms with van der Waals surface area (Å²) in [5.74, 6) is 0.289. The number of rotatable bonds is 9. The molecule has 0 aromatic heterocycles. The number of nitrogens with one attached hydrogen (secondary N) is 2. The zero-order chi connectivity index (χ0) is 23.6. The van der Waals surface area contributed by atoms with Crippen LogP contribution >= 0.6 is 0 Å². The summed E-state index contributed by atoms with van der Waals surface area (Å²) in [7, 11) is 1.54. The van der Waals surface area contributed by atoms with Crippen LogP contribution in [0, 0.1) is 0 Å². The van der Waals surface area contributed by atoms with Gasteiger partial charge in [-0.25, -0.2) is 0 Å². The van der Waals surface area contributed by atoms with Gasteiger partial charge < -0.3 is 24.8 Å². The van der Waals surface area contributed by atoms with Crippen LogP contribution in [-0.4, -0.2) is 31.5 Å². The van der Waals surface area contributed by atoms with Crippen LogP contribution in [0.3, 0.4) is 0 Å². The number of amides is 2. The average Bonchev–Trinajstić information content (AvgIpc) is 2.82. The predicted molar refractivity (Wildman–Crippen MR) is 122 cm³/mol. The van der Waals surface area contributed by atoms with Gasteiger partial charge in [-0.2, -0.15) is 0 Å². The third-order valence-corrected chi connectivity index (χ3v) is 4.49. The highest BCUT2D eigenvalue weighted by Gasteiger charge is 2.09. The molecule has 170 valence electrons. The molecule has 0 radical (unpaired) electrons. The van der Waals surface area contributed by atoms with Crippen LogP contribution in [0.4, 0.5) is 5.69 Å². The first-order valence-corrected chi connectivity index (χ1v) is 10.2. The van der Waals surface area contributed by atoms with Gasteiger partial charge in [0.15, 0.2) is 18.1 Å². The Balaban J connectivity index is 1.48. The molecule has 3 rings (SSSR count). The number of hydrogen-bond donors (Lipinski definition) is 2. The molecule has 0 heterocycles. The molecular formula is C25H24N2O6. The third kappa shape index (κ3) is 7.10. The number of ether oxygens (including phenoxy) is 3. The molecule has 0 spiro atoms. The van der Waals surface area contributed by atoms with Gasteiger partial charge in [-0.05, 0) is 48.0 Å². The molecule has 3 aromatic carbocycles. The molecule has 0 unspecified atom stereocenters. The Morgan fingerprint density at radius 2 is 1.61 bits per heavy atom. The minimum atomic E-state index is -0.457. The van der Waals surface area contributed by atoms with Crippen molar-refractivity contribution in [3.8, 4) is 17.2 Å². The summed E-state index contributed by atoms with van der Waals surface area (Å²) < 4.78 is 15.7. The first-order valence-electron chi connectivity index (χ1n) is 10.2. The fourth-order valence-electron chi connectivity index (χ4n) is 2.91. The first-order chi connectivity index (χ1) is 15.9. The van der Waals surface area contributed by atoms with Crippen molar-refractivity contribution in [3.63, 3.8) is 0 Å². The number of carbonyl (C=O) groups excluding carboxylic acids is 3. The third-order valence-electron chi connectivity index (χ3n) is 4.49. The van der Waals surface area contributed by atoms with Gasteiger partial charge in [0.05, 0.1) is 7.11 Å². The van der Waals surface area contributed by atoms with E-state index in [1.165, 1.54) is 20.1 Å². The molecule has 3 aromatic rings. The Morgan fingerprint density at radius 3 is 2.30 bits per heavy atom. The van der Waals surface area contributed by atoms with E-state index < -0.39 is 5.97 Å². The molecule has 8 heteroatoms. The second kappa shape index (κ2) is 11.3. The summed E-state index contributed by atoms with van der Waals surface area (Å²) in [5.41, 5.74) is 1.81. The molecule has 0 aliphatic heterocycles. The number of hydrogen-bond acceptors (Lipinski definition) is 6. The molecule has 0 bridgehead atoms. The molecule has 2 amide bonds. The summed E-state index contributed by atoms with van der Waals surface area (Å²) in [6, 6.07) is 20.5. The minimum absolute atomic E-state index is 0.138. The van der Waals surface area contributed by atoms with E-state index in [9.17, 15) is 14.4 Å². The van der Waals surface area contributed by atoms with E-state index in [4.69, 9.17) is 14.2 Å². The van der Waals surface area contributed by atoms with E-state index in [0.717, 1.165) is 5.56 Å². The summed E-state index contributed by atoms with van der Waals surface area (Å²) in [5, 5.41) is 5.56. The number of para-hydroxylation sites is 2. The number of methoxy groups -OCH3 is 1. The van der Waals surface area contributed by atoms with Crippen LogP contribution in [0.15, 0.2) is 72.8 Å². The van der Waals surface area contributed by atoms with Crippen molar-refractivity contribution in [3.05, 3.63) is 83.9 Å². The van der Waals surface area contributed by atoms with Crippen molar-refractivity contribution in [2.24, 2.45) is 0 Å². The predicted octanol–water partition coefficient (Wildman–Crippen LogP) is 3.57. The lowest BCUT2D eigenvalue weighted by atomic mass is 10.1. The van der Waals surface area contributed by atoms with Crippen molar-refractivity contribution >= 4 is 23.5 Å². The zero-order valence-corrected chi connectivity index (χ0v) is 18.3. The second-order valence-corrected chi connectivity index (χ2v) is 6.99. The number of anilines is 1. The van der Waals surface area contributed by atoms with Gasteiger partial charge in [0.2, 0.25) is 0 Å². The molecule has 33 heavy (non-hydrogen) atoms. The maximum absolute atomic E-state index is 12.5. The molecular weight excluding hydrogens is 424 g/mol. The summed E-state index contributed by atoms with van der Waals surface area (Å²) >= 11 is 0. The summed E-state index contributed by atoms with van der Waals surface area (Å²) in [6.07, 6.45) is 0. The second-order valence-electron chi connectivity index (χ2n) is 6.99. The van der Waals surface area contributed by atoms with Crippen LogP contribution in [0.5, 0.6) is 17.2 Å². The van der Waals surface area contributed by atoms with Crippen molar-refractivity contribution in [1.82, 2.24) is 5.32 Å². The summed E-state index contributed by atoms with van der Waals surface area (Å²) in [4.78, 5) is 35.6. The topological polar surface area (TPSA) is 103 Å². The van der Waals surface area contributed by atoms with E-state index in [0.29, 0.717) is 35.0 Å². The van der Waals surface area contributed by atoms with Crippen molar-refractivity contribution in [1.29, 1.82) is 0 Å². The fourth-order valence-corrected chi connectivity index (χ4v) is 2.91. The van der Waals surface area contributed by atoms with E-state index in [-0.39, 0.29) is 18.4 Å². The Kier molecular flexibility index (Phi) is 8.02. The van der Waals surface area contributed by atoms with Crippen LogP contribution in [-0.2, 0) is 16.1 Å². The molecule has 2 N–H and O–H groups in total. The smallest absolute Gasteiger partial charge is 0.308 e. The lowest BCUT2D eigenvalue weighted by molar-refractivity contribution is -0.131. The van der Waals surface area contributed by atoms with E-state index in [1.54, 1.807) is 60.7 Å². The van der Waals surface area contributed by atoms with Crippen molar-refractivity contribution in [2.75, 3.05) is 19.0 Å². The molecule has 0 saturated heterocycles. The van der Waals surface area contributed by atoms with Crippen LogP contribution in [0.2, 0.25) is 0 Å². The normalized spacial score (nSPS) is 10.1. The Morgan fingerprint density at radius 1 is 0.879 bits per heavy atom. The largest absolute Gasteiger partial charge is 0.493 e. The molecule has 0 fully saturated rings. The van der Waals surface area contributed by atoms with Crippen molar-refractivity contribution < 1.29 is 28.6 Å². The van der Waals surface area contributed by atoms with E-state index in [2.05, 4.69) is 10.6 Å². The minimum Gasteiger partial charge on any atom is -0.493 e. The van der Waals surface area contributed by atoms with Gasteiger partial charge >= 0.3 is 5.97 Å². The Bertz CT molecular complexity index is 1130. The zero-order valence-electron chi connectivity index (χ0n) is 18.3. The standard InChI is InChI=1S/C25H24N2O6/c1-17(28)33-21-7-5-6-19(14-21)25(30)27-20-12-10-18(11-13-20)15-26-24(29)16-32-23-9-4-3-8-22(23)31-2/h3-14H,15-16H2,1-2H3,(H,26,29)(H,27,30). The van der Waals surface area contributed by atoms with Crippen LogP contribution < -0.4 is 24.8 Å². The lowest BCUT2D eigenvalue weighted by Gasteiger charge is -2.11. The fraction of sp³-hybridized carbons (Fsp3) is 0.160. The SMILES string of the molecule is COc1ccccc1OCC(=O)NCc1ccc(NC(=O)c2cccc(OC(C)=O)c2)cc1. The maximum atomic E-state index is 12.5. The average molecular weight is 448 g/mol. The highest BCUT2D eigenvalue weighted by Crippen LogP contribution is 2.25. The molecule has 8 nitrogen and oxygen atoms in total. The quantitative estimate of drug-likeness (QED) is 0.383. The number of esters is 1. The Labute approximate surface area is 191 Å². The number of carbonyl (C=O) groups is 3. The summed E-state index contributed by atoms with van der Waals surface area (Å²) in [6.45, 7) is 1.47. The van der Waals surface area contributed by atoms with Gasteiger partial charge in [0, 0.05) is 24.7 Å². The van der Waals surface area contributed by atoms with E-state index >= 15 is 0 Å². The number of benzene rings is 3. The van der Waals surface area contributed by atoms with Gasteiger partial charge in [0.1, 0.15) is 5.75 Å². The molecule has 0 saturated carbocycles. The van der Waals surface area contributed by atoms with Gasteiger partial charge in [-0.1, -0.05) is 30.3 Å². The van der Waals surface area contributed by atoms with Gasteiger partial charge in [0.25, 0.3) is 11.8 Å². The molecule has 0 atom stereocenters. The van der Waals surface area contributed by atoms with E-state index in [1.807, 2.05) is 6.07 Å². The highest BCUT2D eigenvalue weighted by molar-refractivity contribution is 6.04. The van der Waals surface area contributed by atoms with Crippen LogP contribution in [0.1, 0.15) is 22.8 Å². The molecule has 0 aliphatic carbocycles. The monoisotopic (exact) mass is 448 g/mol. The Hall–Kier alpha value is -4.33. The molecule has 0 aliphatic rings. The highest BCUT2D eigenvalue weighted by atomic mass is 16.5. The van der Waals surface area contributed by atoms with Crippen molar-refractivity contribution in [2.45, 2.75) is 13.5 Å². The van der Waals surface area contributed by atoms with Crippen LogP contribution in [0.25, 0.3) is 0 Å².